The lowest BCUT2D eigenvalue weighted by molar-refractivity contribution is 0.552. The molecular formula is C17H19FN2. The van der Waals surface area contributed by atoms with Gasteiger partial charge >= 0.3 is 0 Å². The highest BCUT2D eigenvalue weighted by molar-refractivity contribution is 5.61. The summed E-state index contributed by atoms with van der Waals surface area (Å²) in [5.41, 5.74) is 2.70. The summed E-state index contributed by atoms with van der Waals surface area (Å²) >= 11 is 0. The average molecular weight is 270 g/mol. The summed E-state index contributed by atoms with van der Waals surface area (Å²) in [5.74, 6) is -0.154. The number of benzene rings is 2. The topological polar surface area (TPSA) is 15.6 Å². The van der Waals surface area contributed by atoms with E-state index < -0.39 is 0 Å². The van der Waals surface area contributed by atoms with Gasteiger partial charge in [-0.2, -0.15) is 0 Å². The highest BCUT2D eigenvalue weighted by Gasteiger charge is 2.02. The quantitative estimate of drug-likeness (QED) is 0.591. The molecule has 0 saturated heterocycles. The van der Waals surface area contributed by atoms with E-state index in [2.05, 4.69) is 11.9 Å². The van der Waals surface area contributed by atoms with Crippen molar-refractivity contribution >= 4 is 12.0 Å². The Bertz CT molecular complexity index is 576. The number of hydrogen-bond donors (Lipinski definition) is 0. The lowest BCUT2D eigenvalue weighted by atomic mass is 10.0. The first-order valence-corrected chi connectivity index (χ1v) is 6.76. The van der Waals surface area contributed by atoms with Gasteiger partial charge in [-0.1, -0.05) is 30.3 Å². The van der Waals surface area contributed by atoms with E-state index in [1.165, 1.54) is 6.07 Å². The van der Waals surface area contributed by atoms with Crippen LogP contribution >= 0.6 is 0 Å². The first-order chi connectivity index (χ1) is 9.69. The van der Waals surface area contributed by atoms with Gasteiger partial charge in [-0.25, -0.2) is 9.38 Å². The van der Waals surface area contributed by atoms with Crippen molar-refractivity contribution < 1.29 is 4.39 Å². The molecule has 0 bridgehead atoms. The zero-order valence-electron chi connectivity index (χ0n) is 11.9. The minimum Gasteiger partial charge on any atom is -0.366 e. The largest absolute Gasteiger partial charge is 0.366 e. The van der Waals surface area contributed by atoms with Crippen molar-refractivity contribution in [3.05, 3.63) is 65.5 Å². The van der Waals surface area contributed by atoms with Crippen molar-refractivity contribution in [2.24, 2.45) is 4.99 Å². The van der Waals surface area contributed by atoms with E-state index in [1.807, 2.05) is 54.7 Å². The van der Waals surface area contributed by atoms with Crippen LogP contribution in [0.2, 0.25) is 0 Å². The van der Waals surface area contributed by atoms with Crippen LogP contribution in [-0.4, -0.2) is 24.8 Å². The van der Waals surface area contributed by atoms with Crippen LogP contribution < -0.4 is 0 Å². The minimum absolute atomic E-state index is 0.154. The molecule has 2 aromatic carbocycles. The number of nitrogens with zero attached hydrogens (tertiary/aromatic N) is 2. The Kier molecular flexibility index (Phi) is 4.88. The second-order valence-corrected chi connectivity index (χ2v) is 4.75. The van der Waals surface area contributed by atoms with Crippen molar-refractivity contribution in [3.63, 3.8) is 0 Å². The van der Waals surface area contributed by atoms with Gasteiger partial charge in [0.2, 0.25) is 0 Å². The van der Waals surface area contributed by atoms with Crippen molar-refractivity contribution in [3.8, 4) is 0 Å². The third-order valence-corrected chi connectivity index (χ3v) is 3.19. The Morgan fingerprint density at radius 1 is 1.10 bits per heavy atom. The number of hydrogen-bond acceptors (Lipinski definition) is 1. The Morgan fingerprint density at radius 3 is 2.45 bits per heavy atom. The van der Waals surface area contributed by atoms with Gasteiger partial charge < -0.3 is 4.90 Å². The average Bonchev–Trinajstić information content (AvgIpc) is 2.48. The Balaban J connectivity index is 2.05. The molecule has 3 heteroatoms. The Labute approximate surface area is 119 Å². The van der Waals surface area contributed by atoms with Gasteiger partial charge in [0.15, 0.2) is 0 Å². The molecule has 20 heavy (non-hydrogen) atoms. The van der Waals surface area contributed by atoms with Crippen molar-refractivity contribution in [2.45, 2.75) is 13.3 Å². The van der Waals surface area contributed by atoms with Gasteiger partial charge in [0.25, 0.3) is 0 Å². The van der Waals surface area contributed by atoms with E-state index in [0.29, 0.717) is 6.42 Å². The molecule has 104 valence electrons. The third kappa shape index (κ3) is 3.92. The molecule has 0 N–H and O–H groups in total. The molecule has 0 aliphatic rings. The third-order valence-electron chi connectivity index (χ3n) is 3.19. The molecule has 0 amide bonds. The number of rotatable bonds is 5. The predicted molar refractivity (Wildman–Crippen MR) is 82.1 cm³/mol. The van der Waals surface area contributed by atoms with E-state index >= 15 is 0 Å². The van der Waals surface area contributed by atoms with Crippen molar-refractivity contribution in [1.29, 1.82) is 0 Å². The molecule has 2 rings (SSSR count). The van der Waals surface area contributed by atoms with E-state index in [1.54, 1.807) is 6.07 Å². The monoisotopic (exact) mass is 270 g/mol. The van der Waals surface area contributed by atoms with Crippen LogP contribution in [-0.2, 0) is 6.42 Å². The summed E-state index contributed by atoms with van der Waals surface area (Å²) in [6.45, 7) is 3.00. The second-order valence-electron chi connectivity index (χ2n) is 4.75. The van der Waals surface area contributed by atoms with Gasteiger partial charge in [-0.05, 0) is 36.2 Å². The van der Waals surface area contributed by atoms with Crippen LogP contribution in [0.3, 0.4) is 0 Å². The maximum atomic E-state index is 13.6. The Hall–Kier alpha value is -2.16. The van der Waals surface area contributed by atoms with Gasteiger partial charge in [0.05, 0.1) is 12.0 Å². The van der Waals surface area contributed by atoms with Crippen LogP contribution in [0.4, 0.5) is 10.1 Å². The Morgan fingerprint density at radius 2 is 1.80 bits per heavy atom. The summed E-state index contributed by atoms with van der Waals surface area (Å²) in [4.78, 5) is 6.38. The molecule has 0 spiro atoms. The first-order valence-electron chi connectivity index (χ1n) is 6.76. The van der Waals surface area contributed by atoms with E-state index in [-0.39, 0.29) is 5.82 Å². The summed E-state index contributed by atoms with van der Waals surface area (Å²) in [7, 11) is 1.98. The summed E-state index contributed by atoms with van der Waals surface area (Å²) < 4.78 is 13.6. The van der Waals surface area contributed by atoms with Crippen LogP contribution in [0.25, 0.3) is 0 Å². The minimum atomic E-state index is -0.154. The molecule has 0 fully saturated rings. The van der Waals surface area contributed by atoms with Gasteiger partial charge in [-0.3, -0.25) is 0 Å². The summed E-state index contributed by atoms with van der Waals surface area (Å²) in [6.07, 6.45) is 2.41. The lowest BCUT2D eigenvalue weighted by Crippen LogP contribution is -2.14. The normalized spacial score (nSPS) is 10.9. The molecule has 0 aliphatic heterocycles. The fraction of sp³-hybridized carbons (Fsp3) is 0.235. The second kappa shape index (κ2) is 6.85. The van der Waals surface area contributed by atoms with Crippen molar-refractivity contribution in [1.82, 2.24) is 4.90 Å². The fourth-order valence-electron chi connectivity index (χ4n) is 1.81. The number of aliphatic imine (C=N–C) groups is 1. The summed E-state index contributed by atoms with van der Waals surface area (Å²) in [5, 5.41) is 0. The molecule has 0 radical (unpaired) electrons. The van der Waals surface area contributed by atoms with Gasteiger partial charge in [0, 0.05) is 20.0 Å². The molecule has 0 aliphatic carbocycles. The number of halogens is 1. The molecule has 0 heterocycles. The zero-order chi connectivity index (χ0) is 14.4. The molecule has 2 aromatic rings. The highest BCUT2D eigenvalue weighted by atomic mass is 19.1. The van der Waals surface area contributed by atoms with Crippen LogP contribution in [0.15, 0.2) is 53.5 Å². The van der Waals surface area contributed by atoms with E-state index in [4.69, 9.17) is 0 Å². The maximum Gasteiger partial charge on any atom is 0.126 e. The van der Waals surface area contributed by atoms with Gasteiger partial charge in [-0.15, -0.1) is 0 Å². The van der Waals surface area contributed by atoms with E-state index in [9.17, 15) is 4.39 Å². The predicted octanol–water partition coefficient (Wildman–Crippen LogP) is 4.03. The maximum absolute atomic E-state index is 13.6. The summed E-state index contributed by atoms with van der Waals surface area (Å²) in [6, 6.07) is 14.8. The SMILES string of the molecule is CCN(C)C=Nc1ccc(Cc2ccccc2F)cc1. The lowest BCUT2D eigenvalue weighted by Gasteiger charge is -2.08. The zero-order valence-corrected chi connectivity index (χ0v) is 11.9. The van der Waals surface area contributed by atoms with Crippen LogP contribution in [0.1, 0.15) is 18.1 Å². The highest BCUT2D eigenvalue weighted by Crippen LogP contribution is 2.17. The standard InChI is InChI=1S/C17H19FN2/c1-3-20(2)13-19-16-10-8-14(9-11-16)12-15-6-4-5-7-17(15)18/h4-11,13H,3,12H2,1-2H3. The van der Waals surface area contributed by atoms with E-state index in [0.717, 1.165) is 23.4 Å². The smallest absolute Gasteiger partial charge is 0.126 e. The molecule has 2 nitrogen and oxygen atoms in total. The van der Waals surface area contributed by atoms with Crippen molar-refractivity contribution in [2.75, 3.05) is 13.6 Å². The molecule has 0 saturated carbocycles. The molecule has 0 atom stereocenters. The van der Waals surface area contributed by atoms with Gasteiger partial charge in [0.1, 0.15) is 5.82 Å². The molecular weight excluding hydrogens is 251 g/mol. The molecule has 0 aromatic heterocycles. The van der Waals surface area contributed by atoms with Crippen LogP contribution in [0, 0.1) is 5.82 Å². The van der Waals surface area contributed by atoms with Crippen LogP contribution in [0.5, 0.6) is 0 Å². The fourth-order valence-corrected chi connectivity index (χ4v) is 1.81. The molecule has 0 unspecified atom stereocenters. The first kappa shape index (κ1) is 14.3.